The number of rotatable bonds is 5. The number of hydrogen-bond donors (Lipinski definition) is 1. The summed E-state index contributed by atoms with van der Waals surface area (Å²) in [6.45, 7) is 4.01. The van der Waals surface area contributed by atoms with Crippen LogP contribution in [0.15, 0.2) is 72.8 Å². The van der Waals surface area contributed by atoms with Gasteiger partial charge in [0.05, 0.1) is 11.1 Å². The van der Waals surface area contributed by atoms with Crippen LogP contribution in [-0.4, -0.2) is 42.2 Å². The maximum Gasteiger partial charge on any atom is 0.416 e. The predicted octanol–water partition coefficient (Wildman–Crippen LogP) is 5.39. The Labute approximate surface area is 184 Å². The summed E-state index contributed by atoms with van der Waals surface area (Å²) in [7, 11) is 0. The lowest BCUT2D eigenvalue weighted by Gasteiger charge is -2.36. The SMILES string of the molecule is O=C(O)c1ccc(N2CCN(Cc3ccccc3-c3ccc(C(F)(F)F)cc3)CC2)cc1. The Hall–Kier alpha value is -3.32. The molecular weight excluding hydrogens is 417 g/mol. The van der Waals surface area contributed by atoms with Crippen molar-refractivity contribution in [1.29, 1.82) is 0 Å². The number of alkyl halides is 3. The fourth-order valence-corrected chi connectivity index (χ4v) is 4.00. The normalized spacial score (nSPS) is 15.0. The molecule has 1 saturated heterocycles. The fraction of sp³-hybridized carbons (Fsp3) is 0.240. The summed E-state index contributed by atoms with van der Waals surface area (Å²) in [5, 5.41) is 9.04. The van der Waals surface area contributed by atoms with Crippen molar-refractivity contribution in [2.24, 2.45) is 0 Å². The molecule has 4 nitrogen and oxygen atoms in total. The molecule has 0 radical (unpaired) electrons. The first-order valence-corrected chi connectivity index (χ1v) is 10.4. The highest BCUT2D eigenvalue weighted by Crippen LogP contribution is 2.32. The van der Waals surface area contributed by atoms with E-state index in [1.165, 1.54) is 12.1 Å². The first-order chi connectivity index (χ1) is 15.3. The summed E-state index contributed by atoms with van der Waals surface area (Å²) in [6, 6.07) is 20.0. The Balaban J connectivity index is 1.42. The van der Waals surface area contributed by atoms with Crippen LogP contribution >= 0.6 is 0 Å². The van der Waals surface area contributed by atoms with E-state index in [-0.39, 0.29) is 5.56 Å². The van der Waals surface area contributed by atoms with E-state index in [1.807, 2.05) is 36.4 Å². The zero-order chi connectivity index (χ0) is 22.7. The smallest absolute Gasteiger partial charge is 0.416 e. The van der Waals surface area contributed by atoms with Crippen LogP contribution < -0.4 is 4.90 Å². The molecule has 0 spiro atoms. The summed E-state index contributed by atoms with van der Waals surface area (Å²) in [4.78, 5) is 15.6. The monoisotopic (exact) mass is 440 g/mol. The topological polar surface area (TPSA) is 43.8 Å². The van der Waals surface area contributed by atoms with Gasteiger partial charge < -0.3 is 10.0 Å². The van der Waals surface area contributed by atoms with Gasteiger partial charge in [-0.1, -0.05) is 36.4 Å². The van der Waals surface area contributed by atoms with E-state index in [1.54, 1.807) is 12.1 Å². The maximum atomic E-state index is 12.9. The van der Waals surface area contributed by atoms with Crippen LogP contribution in [0.1, 0.15) is 21.5 Å². The quantitative estimate of drug-likeness (QED) is 0.578. The van der Waals surface area contributed by atoms with Gasteiger partial charge in [0.2, 0.25) is 0 Å². The zero-order valence-electron chi connectivity index (χ0n) is 17.3. The Morgan fingerprint density at radius 1 is 0.844 bits per heavy atom. The van der Waals surface area contributed by atoms with Gasteiger partial charge in [-0.3, -0.25) is 4.90 Å². The van der Waals surface area contributed by atoms with E-state index in [2.05, 4.69) is 9.80 Å². The summed E-state index contributed by atoms with van der Waals surface area (Å²) in [5.41, 5.74) is 3.41. The number of nitrogens with zero attached hydrogens (tertiary/aromatic N) is 2. The molecule has 0 unspecified atom stereocenters. The van der Waals surface area contributed by atoms with Crippen molar-refractivity contribution >= 4 is 11.7 Å². The minimum absolute atomic E-state index is 0.271. The molecule has 166 valence electrons. The second-order valence-electron chi connectivity index (χ2n) is 7.85. The molecule has 3 aromatic carbocycles. The van der Waals surface area contributed by atoms with Crippen LogP contribution in [0.2, 0.25) is 0 Å². The summed E-state index contributed by atoms with van der Waals surface area (Å²) < 4.78 is 38.6. The standard InChI is InChI=1S/C25H23F3N2O2/c26-25(27,28)21-9-5-18(6-10-21)23-4-2-1-3-20(23)17-29-13-15-30(16-14-29)22-11-7-19(8-12-22)24(31)32/h1-12H,13-17H2,(H,31,32). The first kappa shape index (κ1) is 21.9. The number of halogens is 3. The number of benzene rings is 3. The van der Waals surface area contributed by atoms with Gasteiger partial charge in [-0.15, -0.1) is 0 Å². The van der Waals surface area contributed by atoms with Gasteiger partial charge in [0, 0.05) is 38.4 Å². The molecule has 0 saturated carbocycles. The molecule has 7 heteroatoms. The number of carboxylic acids is 1. The minimum atomic E-state index is -4.34. The molecule has 1 heterocycles. The van der Waals surface area contributed by atoms with Gasteiger partial charge >= 0.3 is 12.1 Å². The summed E-state index contributed by atoms with van der Waals surface area (Å²) in [6.07, 6.45) is -4.34. The minimum Gasteiger partial charge on any atom is -0.478 e. The van der Waals surface area contributed by atoms with E-state index in [4.69, 9.17) is 5.11 Å². The molecule has 4 rings (SSSR count). The van der Waals surface area contributed by atoms with Gasteiger partial charge in [0.25, 0.3) is 0 Å². The van der Waals surface area contributed by atoms with Crippen molar-refractivity contribution in [2.75, 3.05) is 31.1 Å². The van der Waals surface area contributed by atoms with Crippen molar-refractivity contribution in [1.82, 2.24) is 4.90 Å². The molecule has 0 bridgehead atoms. The van der Waals surface area contributed by atoms with Gasteiger partial charge in [0.15, 0.2) is 0 Å². The average Bonchev–Trinajstić information content (AvgIpc) is 2.80. The van der Waals surface area contributed by atoms with Crippen LogP contribution in [0.3, 0.4) is 0 Å². The molecule has 3 aromatic rings. The lowest BCUT2D eigenvalue weighted by Crippen LogP contribution is -2.46. The Kier molecular flexibility index (Phi) is 6.19. The Morgan fingerprint density at radius 3 is 2.06 bits per heavy atom. The fourth-order valence-electron chi connectivity index (χ4n) is 4.00. The number of carbonyl (C=O) groups is 1. The third kappa shape index (κ3) is 4.94. The second kappa shape index (κ2) is 9.04. The maximum absolute atomic E-state index is 12.9. The molecule has 32 heavy (non-hydrogen) atoms. The molecule has 0 aromatic heterocycles. The highest BCUT2D eigenvalue weighted by molar-refractivity contribution is 5.88. The van der Waals surface area contributed by atoms with Crippen LogP contribution in [0.25, 0.3) is 11.1 Å². The highest BCUT2D eigenvalue weighted by atomic mass is 19.4. The van der Waals surface area contributed by atoms with E-state index in [9.17, 15) is 18.0 Å². The third-order valence-electron chi connectivity index (χ3n) is 5.79. The summed E-state index contributed by atoms with van der Waals surface area (Å²) in [5.74, 6) is -0.937. The Bertz CT molecular complexity index is 1070. The van der Waals surface area contributed by atoms with Crippen molar-refractivity contribution in [2.45, 2.75) is 12.7 Å². The predicted molar refractivity (Wildman–Crippen MR) is 118 cm³/mol. The molecule has 1 aliphatic heterocycles. The van der Waals surface area contributed by atoms with Gasteiger partial charge in [-0.25, -0.2) is 4.79 Å². The average molecular weight is 440 g/mol. The van der Waals surface area contributed by atoms with E-state index in [0.717, 1.165) is 60.7 Å². The van der Waals surface area contributed by atoms with Crippen LogP contribution in [0.5, 0.6) is 0 Å². The molecule has 0 aliphatic carbocycles. The van der Waals surface area contributed by atoms with E-state index < -0.39 is 17.7 Å². The molecule has 0 amide bonds. The number of hydrogen-bond acceptors (Lipinski definition) is 3. The zero-order valence-corrected chi connectivity index (χ0v) is 17.3. The van der Waals surface area contributed by atoms with E-state index >= 15 is 0 Å². The van der Waals surface area contributed by atoms with Gasteiger partial charge in [0.1, 0.15) is 0 Å². The lowest BCUT2D eigenvalue weighted by atomic mass is 9.98. The van der Waals surface area contributed by atoms with Crippen LogP contribution in [0.4, 0.5) is 18.9 Å². The molecular formula is C25H23F3N2O2. The van der Waals surface area contributed by atoms with Crippen LogP contribution in [-0.2, 0) is 12.7 Å². The second-order valence-corrected chi connectivity index (χ2v) is 7.85. The molecule has 1 fully saturated rings. The van der Waals surface area contributed by atoms with Crippen molar-refractivity contribution in [3.8, 4) is 11.1 Å². The van der Waals surface area contributed by atoms with Crippen molar-refractivity contribution < 1.29 is 23.1 Å². The highest BCUT2D eigenvalue weighted by Gasteiger charge is 2.30. The van der Waals surface area contributed by atoms with Gasteiger partial charge in [-0.05, 0) is 53.1 Å². The first-order valence-electron chi connectivity index (χ1n) is 10.4. The van der Waals surface area contributed by atoms with Crippen molar-refractivity contribution in [3.63, 3.8) is 0 Å². The third-order valence-corrected chi connectivity index (χ3v) is 5.79. The molecule has 1 N–H and O–H groups in total. The lowest BCUT2D eigenvalue weighted by molar-refractivity contribution is -0.137. The molecule has 1 aliphatic rings. The van der Waals surface area contributed by atoms with Gasteiger partial charge in [-0.2, -0.15) is 13.2 Å². The number of carboxylic acid groups (broad SMARTS) is 1. The van der Waals surface area contributed by atoms with Crippen LogP contribution in [0, 0.1) is 0 Å². The number of anilines is 1. The number of piperazine rings is 1. The molecule has 0 atom stereocenters. The van der Waals surface area contributed by atoms with E-state index in [0.29, 0.717) is 6.54 Å². The summed E-state index contributed by atoms with van der Waals surface area (Å²) >= 11 is 0. The number of aromatic carboxylic acids is 1. The van der Waals surface area contributed by atoms with Crippen molar-refractivity contribution in [3.05, 3.63) is 89.5 Å². The Morgan fingerprint density at radius 2 is 1.47 bits per heavy atom. The largest absolute Gasteiger partial charge is 0.478 e.